The molecule has 1 aromatic rings. The van der Waals surface area contributed by atoms with E-state index >= 15 is 0 Å². The summed E-state index contributed by atoms with van der Waals surface area (Å²) < 4.78 is 25.5. The molecular weight excluding hydrogens is 389 g/mol. The fourth-order valence-electron chi connectivity index (χ4n) is 3.78. The van der Waals surface area contributed by atoms with E-state index in [-0.39, 0.29) is 11.9 Å². The predicted molar refractivity (Wildman–Crippen MR) is 118 cm³/mol. The highest BCUT2D eigenvalue weighted by Gasteiger charge is 2.23. The Labute approximate surface area is 178 Å². The Morgan fingerprint density at radius 1 is 1.28 bits per heavy atom. The quantitative estimate of drug-likeness (QED) is 0.393. The number of piperidine rings is 1. The summed E-state index contributed by atoms with van der Waals surface area (Å²) in [5.41, 5.74) is 0.766. The Hall–Kier alpha value is -1.31. The summed E-state index contributed by atoms with van der Waals surface area (Å²) in [6.07, 6.45) is 6.23. The fraction of sp³-hybridized carbons (Fsp3) is 0.682. The molecule has 2 aliphatic rings. The van der Waals surface area contributed by atoms with Gasteiger partial charge in [0.25, 0.3) is 0 Å². The molecule has 2 fully saturated rings. The Balaban J connectivity index is 1.29. The lowest BCUT2D eigenvalue weighted by molar-refractivity contribution is -0.0721. The third-order valence-electron chi connectivity index (χ3n) is 5.49. The van der Waals surface area contributed by atoms with Crippen LogP contribution < -0.4 is 5.32 Å². The van der Waals surface area contributed by atoms with Crippen LogP contribution in [0.25, 0.3) is 0 Å². The predicted octanol–water partition coefficient (Wildman–Crippen LogP) is 3.68. The van der Waals surface area contributed by atoms with Crippen molar-refractivity contribution in [3.8, 4) is 0 Å². The maximum atomic E-state index is 13.6. The fourth-order valence-corrected chi connectivity index (χ4v) is 4.63. The van der Waals surface area contributed by atoms with Crippen LogP contribution in [0.5, 0.6) is 0 Å². The first kappa shape index (κ1) is 22.4. The van der Waals surface area contributed by atoms with Gasteiger partial charge in [0.2, 0.25) is 0 Å². The van der Waals surface area contributed by atoms with Crippen LogP contribution in [0.4, 0.5) is 4.39 Å². The number of guanidine groups is 1. The third kappa shape index (κ3) is 7.46. The Morgan fingerprint density at radius 3 is 2.83 bits per heavy atom. The van der Waals surface area contributed by atoms with Gasteiger partial charge in [-0.2, -0.15) is 11.8 Å². The average Bonchev–Trinajstić information content (AvgIpc) is 2.77. The first-order valence-corrected chi connectivity index (χ1v) is 11.9. The first-order valence-electron chi connectivity index (χ1n) is 10.8. The van der Waals surface area contributed by atoms with Crippen molar-refractivity contribution >= 4 is 17.7 Å². The van der Waals surface area contributed by atoms with E-state index in [0.717, 1.165) is 69.4 Å². The molecular formula is C22H34FN3O2S. The lowest BCUT2D eigenvalue weighted by Crippen LogP contribution is -2.47. The number of hydrogen-bond acceptors (Lipinski definition) is 4. The van der Waals surface area contributed by atoms with Gasteiger partial charge in [-0.25, -0.2) is 4.39 Å². The normalized spacial score (nSPS) is 21.4. The van der Waals surface area contributed by atoms with Crippen LogP contribution in [0, 0.1) is 5.82 Å². The Morgan fingerprint density at radius 2 is 2.10 bits per heavy atom. The minimum Gasteiger partial charge on any atom is -0.376 e. The molecule has 29 heavy (non-hydrogen) atoms. The molecule has 5 nitrogen and oxygen atoms in total. The number of halogens is 1. The molecule has 0 aromatic heterocycles. The molecule has 162 valence electrons. The maximum Gasteiger partial charge on any atom is 0.193 e. The molecule has 7 heteroatoms. The van der Waals surface area contributed by atoms with E-state index in [4.69, 9.17) is 9.47 Å². The van der Waals surface area contributed by atoms with Crippen LogP contribution in [0.3, 0.4) is 0 Å². The molecule has 0 saturated carbocycles. The number of rotatable bonds is 8. The summed E-state index contributed by atoms with van der Waals surface area (Å²) in [6, 6.07) is 6.98. The average molecular weight is 424 g/mol. The summed E-state index contributed by atoms with van der Waals surface area (Å²) in [5, 5.41) is 3.44. The summed E-state index contributed by atoms with van der Waals surface area (Å²) in [7, 11) is 1.83. The topological polar surface area (TPSA) is 46.1 Å². The zero-order valence-corrected chi connectivity index (χ0v) is 18.3. The molecule has 1 unspecified atom stereocenters. The lowest BCUT2D eigenvalue weighted by atomic mass is 10.1. The van der Waals surface area contributed by atoms with Crippen LogP contribution in [0.15, 0.2) is 29.3 Å². The van der Waals surface area contributed by atoms with Gasteiger partial charge < -0.3 is 19.7 Å². The van der Waals surface area contributed by atoms with Crippen molar-refractivity contribution in [2.45, 2.75) is 50.1 Å². The van der Waals surface area contributed by atoms with Crippen LogP contribution in [-0.4, -0.2) is 68.7 Å². The van der Waals surface area contributed by atoms with Crippen LogP contribution in [0.2, 0.25) is 0 Å². The third-order valence-corrected chi connectivity index (χ3v) is 6.50. The number of nitrogens with one attached hydrogen (secondary N) is 1. The molecule has 2 aliphatic heterocycles. The zero-order valence-electron chi connectivity index (χ0n) is 17.4. The maximum absolute atomic E-state index is 13.6. The van der Waals surface area contributed by atoms with E-state index in [1.807, 2.05) is 19.2 Å². The highest BCUT2D eigenvalue weighted by Crippen LogP contribution is 2.18. The van der Waals surface area contributed by atoms with Gasteiger partial charge in [-0.05, 0) is 43.7 Å². The van der Waals surface area contributed by atoms with Crippen molar-refractivity contribution in [1.29, 1.82) is 0 Å². The number of thioether (sulfide) groups is 1. The SMILES string of the molecule is CN=C(NCCSCc1ccccc1F)N1CCC(OCC2CCCCO2)CC1. The number of aliphatic imine (C=N–C) groups is 1. The molecule has 0 spiro atoms. The van der Waals surface area contributed by atoms with Crippen molar-refractivity contribution in [2.24, 2.45) is 4.99 Å². The summed E-state index contributed by atoms with van der Waals surface area (Å²) in [4.78, 5) is 6.73. The van der Waals surface area contributed by atoms with Gasteiger partial charge >= 0.3 is 0 Å². The van der Waals surface area contributed by atoms with E-state index < -0.39 is 0 Å². The standard InChI is InChI=1S/C22H34FN3O2S/c1-24-22(25-11-15-29-17-18-6-2-3-8-21(18)23)26-12-9-19(10-13-26)28-16-20-7-4-5-14-27-20/h2-3,6,8,19-20H,4-5,7,9-17H2,1H3,(H,24,25). The number of likely N-dealkylation sites (tertiary alicyclic amines) is 1. The minimum absolute atomic E-state index is 0.121. The van der Waals surface area contributed by atoms with E-state index in [0.29, 0.717) is 11.9 Å². The molecule has 0 radical (unpaired) electrons. The van der Waals surface area contributed by atoms with Gasteiger partial charge in [-0.3, -0.25) is 4.99 Å². The number of ether oxygens (including phenoxy) is 2. The summed E-state index contributed by atoms with van der Waals surface area (Å²) in [6.45, 7) is 4.35. The van der Waals surface area contributed by atoms with Gasteiger partial charge in [-0.1, -0.05) is 18.2 Å². The lowest BCUT2D eigenvalue weighted by Gasteiger charge is -2.35. The Bertz CT molecular complexity index is 632. The molecule has 2 heterocycles. The van der Waals surface area contributed by atoms with Gasteiger partial charge in [0.1, 0.15) is 5.82 Å². The van der Waals surface area contributed by atoms with E-state index in [2.05, 4.69) is 15.2 Å². The molecule has 1 atom stereocenters. The second kappa shape index (κ2) is 12.4. The van der Waals surface area contributed by atoms with Gasteiger partial charge in [0.05, 0.1) is 18.8 Å². The molecule has 0 bridgehead atoms. The number of hydrogen-bond donors (Lipinski definition) is 1. The zero-order chi connectivity index (χ0) is 20.3. The largest absolute Gasteiger partial charge is 0.376 e. The van der Waals surface area contributed by atoms with Crippen molar-refractivity contribution in [2.75, 3.05) is 45.6 Å². The molecule has 3 rings (SSSR count). The van der Waals surface area contributed by atoms with E-state index in [1.165, 1.54) is 18.9 Å². The highest BCUT2D eigenvalue weighted by molar-refractivity contribution is 7.98. The van der Waals surface area contributed by atoms with Gasteiger partial charge in [0.15, 0.2) is 5.96 Å². The second-order valence-corrected chi connectivity index (χ2v) is 8.73. The second-order valence-electron chi connectivity index (χ2n) is 7.63. The molecule has 1 N–H and O–H groups in total. The highest BCUT2D eigenvalue weighted by atomic mass is 32.2. The molecule has 1 aromatic carbocycles. The Kier molecular flexibility index (Phi) is 9.57. The monoisotopic (exact) mass is 423 g/mol. The molecule has 2 saturated heterocycles. The first-order chi connectivity index (χ1) is 14.3. The number of nitrogens with zero attached hydrogens (tertiary/aromatic N) is 2. The number of benzene rings is 1. The van der Waals surface area contributed by atoms with Gasteiger partial charge in [0, 0.05) is 44.8 Å². The van der Waals surface area contributed by atoms with Crippen molar-refractivity contribution in [1.82, 2.24) is 10.2 Å². The molecule has 0 amide bonds. The van der Waals surface area contributed by atoms with E-state index in [9.17, 15) is 4.39 Å². The molecule has 0 aliphatic carbocycles. The van der Waals surface area contributed by atoms with Crippen LogP contribution >= 0.6 is 11.8 Å². The van der Waals surface area contributed by atoms with Crippen molar-refractivity contribution in [3.63, 3.8) is 0 Å². The van der Waals surface area contributed by atoms with E-state index in [1.54, 1.807) is 17.8 Å². The van der Waals surface area contributed by atoms with Crippen molar-refractivity contribution < 1.29 is 13.9 Å². The smallest absolute Gasteiger partial charge is 0.193 e. The summed E-state index contributed by atoms with van der Waals surface area (Å²) >= 11 is 1.73. The van der Waals surface area contributed by atoms with Crippen LogP contribution in [0.1, 0.15) is 37.7 Å². The van der Waals surface area contributed by atoms with Crippen molar-refractivity contribution in [3.05, 3.63) is 35.6 Å². The van der Waals surface area contributed by atoms with Crippen LogP contribution in [-0.2, 0) is 15.2 Å². The minimum atomic E-state index is -0.121. The summed E-state index contributed by atoms with van der Waals surface area (Å²) in [5.74, 6) is 2.43. The van der Waals surface area contributed by atoms with Gasteiger partial charge in [-0.15, -0.1) is 0 Å².